The summed E-state index contributed by atoms with van der Waals surface area (Å²) in [6.45, 7) is 0. The van der Waals surface area contributed by atoms with Crippen molar-refractivity contribution in [3.05, 3.63) is 59.1 Å². The van der Waals surface area contributed by atoms with Crippen molar-refractivity contribution in [2.75, 3.05) is 5.32 Å². The van der Waals surface area contributed by atoms with Crippen molar-refractivity contribution in [1.29, 1.82) is 5.26 Å². The quantitative estimate of drug-likeness (QED) is 0.807. The lowest BCUT2D eigenvalue weighted by atomic mass is 10.2. The van der Waals surface area contributed by atoms with E-state index in [1.165, 1.54) is 0 Å². The monoisotopic (exact) mass is 308 g/mol. The Hall–Kier alpha value is -2.91. The van der Waals surface area contributed by atoms with Gasteiger partial charge in [0.15, 0.2) is 5.69 Å². The Morgan fingerprint density at radius 3 is 2.73 bits per heavy atom. The number of anilines is 1. The topological polar surface area (TPSA) is 70.7 Å². The average Bonchev–Trinajstić information content (AvgIpc) is 3.17. The molecule has 0 aliphatic carbocycles. The molecular weight excluding hydrogens is 296 g/mol. The number of nitriles is 1. The van der Waals surface area contributed by atoms with Gasteiger partial charge in [0.25, 0.3) is 5.91 Å². The molecule has 3 aromatic rings. The summed E-state index contributed by atoms with van der Waals surface area (Å²) in [4.78, 5) is 13.3. The fraction of sp³-hybridized carbons (Fsp3) is 0.0625. The molecule has 2 aromatic heterocycles. The highest BCUT2D eigenvalue weighted by Crippen LogP contribution is 2.25. The molecule has 0 unspecified atom stereocenters. The molecule has 0 saturated carbocycles. The van der Waals surface area contributed by atoms with Crippen LogP contribution >= 0.6 is 11.3 Å². The Bertz CT molecular complexity index is 841. The predicted molar refractivity (Wildman–Crippen MR) is 85.6 cm³/mol. The van der Waals surface area contributed by atoms with Crippen LogP contribution in [0.15, 0.2) is 47.8 Å². The van der Waals surface area contributed by atoms with Gasteiger partial charge >= 0.3 is 0 Å². The van der Waals surface area contributed by atoms with Crippen LogP contribution < -0.4 is 5.32 Å². The van der Waals surface area contributed by atoms with Gasteiger partial charge in [-0.25, -0.2) is 0 Å². The fourth-order valence-electron chi connectivity index (χ4n) is 2.06. The Labute approximate surface area is 131 Å². The summed E-state index contributed by atoms with van der Waals surface area (Å²) in [6, 6.07) is 14.5. The first-order valence-electron chi connectivity index (χ1n) is 6.57. The van der Waals surface area contributed by atoms with E-state index in [1.807, 2.05) is 30.6 Å². The Kier molecular flexibility index (Phi) is 3.73. The number of hydrogen-bond acceptors (Lipinski definition) is 4. The third kappa shape index (κ3) is 2.75. The van der Waals surface area contributed by atoms with E-state index < -0.39 is 0 Å². The molecule has 0 radical (unpaired) electrons. The van der Waals surface area contributed by atoms with Crippen molar-refractivity contribution < 1.29 is 4.79 Å². The Morgan fingerprint density at radius 2 is 2.09 bits per heavy atom. The van der Waals surface area contributed by atoms with E-state index in [2.05, 4.69) is 10.4 Å². The van der Waals surface area contributed by atoms with Gasteiger partial charge in [0.1, 0.15) is 0 Å². The second-order valence-corrected chi connectivity index (χ2v) is 5.61. The summed E-state index contributed by atoms with van der Waals surface area (Å²) >= 11 is 1.60. The van der Waals surface area contributed by atoms with Crippen LogP contribution in [-0.2, 0) is 7.05 Å². The van der Waals surface area contributed by atoms with Crippen LogP contribution in [0.2, 0.25) is 0 Å². The molecule has 5 nitrogen and oxygen atoms in total. The van der Waals surface area contributed by atoms with Gasteiger partial charge in [-0.2, -0.15) is 10.4 Å². The minimum Gasteiger partial charge on any atom is -0.321 e. The largest absolute Gasteiger partial charge is 0.321 e. The summed E-state index contributed by atoms with van der Waals surface area (Å²) < 4.78 is 1.69. The highest BCUT2D eigenvalue weighted by Gasteiger charge is 2.14. The normalized spacial score (nSPS) is 10.2. The van der Waals surface area contributed by atoms with E-state index in [0.29, 0.717) is 16.9 Å². The van der Waals surface area contributed by atoms with Gasteiger partial charge in [-0.05, 0) is 41.8 Å². The van der Waals surface area contributed by atoms with E-state index >= 15 is 0 Å². The molecule has 2 heterocycles. The van der Waals surface area contributed by atoms with E-state index in [-0.39, 0.29) is 5.91 Å². The maximum Gasteiger partial charge on any atom is 0.276 e. The molecule has 3 rings (SSSR count). The van der Waals surface area contributed by atoms with Gasteiger partial charge in [-0.3, -0.25) is 9.48 Å². The molecule has 0 aliphatic rings. The first kappa shape index (κ1) is 14.0. The van der Waals surface area contributed by atoms with Crippen LogP contribution in [0.3, 0.4) is 0 Å². The van der Waals surface area contributed by atoms with Crippen LogP contribution in [0.25, 0.3) is 10.6 Å². The van der Waals surface area contributed by atoms with Crippen molar-refractivity contribution in [2.24, 2.45) is 7.05 Å². The number of rotatable bonds is 3. The molecule has 0 fully saturated rings. The summed E-state index contributed by atoms with van der Waals surface area (Å²) in [5.74, 6) is -0.275. The van der Waals surface area contributed by atoms with Gasteiger partial charge < -0.3 is 5.32 Å². The van der Waals surface area contributed by atoms with Crippen LogP contribution in [0.1, 0.15) is 16.1 Å². The molecule has 0 saturated heterocycles. The second kappa shape index (κ2) is 5.84. The minimum absolute atomic E-state index is 0.275. The number of hydrogen-bond donors (Lipinski definition) is 1. The van der Waals surface area contributed by atoms with Crippen LogP contribution in [0, 0.1) is 11.3 Å². The maximum atomic E-state index is 12.3. The van der Waals surface area contributed by atoms with Crippen molar-refractivity contribution in [2.45, 2.75) is 0 Å². The summed E-state index contributed by atoms with van der Waals surface area (Å²) in [5.41, 5.74) is 2.44. The average molecular weight is 308 g/mol. The zero-order valence-electron chi connectivity index (χ0n) is 11.8. The summed E-state index contributed by atoms with van der Waals surface area (Å²) in [7, 11) is 1.81. The molecule has 1 amide bonds. The number of aromatic nitrogens is 2. The van der Waals surface area contributed by atoms with Gasteiger partial charge in [0.2, 0.25) is 0 Å². The lowest BCUT2D eigenvalue weighted by Crippen LogP contribution is -2.12. The number of benzene rings is 1. The summed E-state index contributed by atoms with van der Waals surface area (Å²) in [6.07, 6.45) is 0. The van der Waals surface area contributed by atoms with Gasteiger partial charge in [-0.1, -0.05) is 6.07 Å². The van der Waals surface area contributed by atoms with E-state index in [1.54, 1.807) is 46.4 Å². The number of carbonyl (C=O) groups is 1. The molecule has 0 aliphatic heterocycles. The molecule has 22 heavy (non-hydrogen) atoms. The van der Waals surface area contributed by atoms with Gasteiger partial charge in [0.05, 0.1) is 22.2 Å². The maximum absolute atomic E-state index is 12.3. The number of aryl methyl sites for hydroxylation is 1. The molecule has 0 spiro atoms. The molecule has 1 N–H and O–H groups in total. The van der Waals surface area contributed by atoms with E-state index in [9.17, 15) is 4.79 Å². The third-order valence-electron chi connectivity index (χ3n) is 3.16. The minimum atomic E-state index is -0.275. The lowest BCUT2D eigenvalue weighted by Gasteiger charge is -2.02. The first-order chi connectivity index (χ1) is 10.7. The van der Waals surface area contributed by atoms with E-state index in [0.717, 1.165) is 10.6 Å². The molecule has 108 valence electrons. The highest BCUT2D eigenvalue weighted by molar-refractivity contribution is 7.13. The van der Waals surface area contributed by atoms with Crippen molar-refractivity contribution in [3.63, 3.8) is 0 Å². The fourth-order valence-corrected chi connectivity index (χ4v) is 2.83. The smallest absolute Gasteiger partial charge is 0.276 e. The zero-order chi connectivity index (χ0) is 15.5. The zero-order valence-corrected chi connectivity index (χ0v) is 12.6. The SMILES string of the molecule is Cn1nc(C(=O)Nc2ccc(C#N)cc2)cc1-c1cccs1. The standard InChI is InChI=1S/C16H12N4OS/c1-20-14(15-3-2-8-22-15)9-13(19-20)16(21)18-12-6-4-11(10-17)5-7-12/h2-9H,1H3,(H,18,21). The number of nitrogens with zero attached hydrogens (tertiary/aromatic N) is 3. The Balaban J connectivity index is 1.80. The van der Waals surface area contributed by atoms with Gasteiger partial charge in [-0.15, -0.1) is 11.3 Å². The van der Waals surface area contributed by atoms with Crippen molar-refractivity contribution in [1.82, 2.24) is 9.78 Å². The van der Waals surface area contributed by atoms with Crippen molar-refractivity contribution in [3.8, 4) is 16.6 Å². The predicted octanol–water partition coefficient (Wildman–Crippen LogP) is 3.27. The molecule has 0 atom stereocenters. The third-order valence-corrected chi connectivity index (χ3v) is 4.05. The van der Waals surface area contributed by atoms with Crippen LogP contribution in [0.5, 0.6) is 0 Å². The number of amides is 1. The molecule has 1 aromatic carbocycles. The second-order valence-electron chi connectivity index (χ2n) is 4.66. The number of thiophene rings is 1. The molecule has 0 bridgehead atoms. The van der Waals surface area contributed by atoms with Crippen LogP contribution in [-0.4, -0.2) is 15.7 Å². The summed E-state index contributed by atoms with van der Waals surface area (Å²) in [5, 5.41) is 17.8. The van der Waals surface area contributed by atoms with Crippen LogP contribution in [0.4, 0.5) is 5.69 Å². The van der Waals surface area contributed by atoms with Gasteiger partial charge in [0, 0.05) is 12.7 Å². The van der Waals surface area contributed by atoms with Crippen molar-refractivity contribution >= 4 is 22.9 Å². The Morgan fingerprint density at radius 1 is 1.32 bits per heavy atom. The molecular formula is C16H12N4OS. The van der Waals surface area contributed by atoms with E-state index in [4.69, 9.17) is 5.26 Å². The lowest BCUT2D eigenvalue weighted by molar-refractivity contribution is 0.102. The highest BCUT2D eigenvalue weighted by atomic mass is 32.1. The number of nitrogens with one attached hydrogen (secondary N) is 1. The first-order valence-corrected chi connectivity index (χ1v) is 7.45. The molecule has 6 heteroatoms. The number of carbonyl (C=O) groups excluding carboxylic acids is 1.